The summed E-state index contributed by atoms with van der Waals surface area (Å²) >= 11 is 0. The van der Waals surface area contributed by atoms with Crippen molar-refractivity contribution >= 4 is 22.6 Å². The van der Waals surface area contributed by atoms with Crippen molar-refractivity contribution in [3.8, 4) is 0 Å². The Kier molecular flexibility index (Phi) is 10.3. The Morgan fingerprint density at radius 3 is 1.61 bits per heavy atom. The number of hydrogen-bond acceptors (Lipinski definition) is 2. The van der Waals surface area contributed by atoms with Gasteiger partial charge in [0.2, 0.25) is 0 Å². The van der Waals surface area contributed by atoms with Crippen LogP contribution in [-0.2, 0) is 0 Å². The van der Waals surface area contributed by atoms with Crippen molar-refractivity contribution < 1.29 is 0 Å². The maximum atomic E-state index is 4.11. The summed E-state index contributed by atoms with van der Waals surface area (Å²) in [4.78, 5) is 4.34. The van der Waals surface area contributed by atoms with Gasteiger partial charge in [0.1, 0.15) is 0 Å². The summed E-state index contributed by atoms with van der Waals surface area (Å²) in [7, 11) is 0. The van der Waals surface area contributed by atoms with Crippen molar-refractivity contribution in [3.63, 3.8) is 0 Å². The first-order chi connectivity index (χ1) is 18.6. The van der Waals surface area contributed by atoms with Crippen LogP contribution in [0, 0.1) is 0 Å². The standard InChI is InChI=1S/C36H36N2/c1-7-18-32(10-4)37(29(6)8-2)36-27-24-31(25-28-36)30(9-3)23-26-33(11-5)38(34-19-14-12-15-20-34)35-21-16-13-17-22-35/h7-28H,1,3-5H2,2,6H3/b29-8+,30-23+,32-18+,33-26+. The van der Waals surface area contributed by atoms with Crippen LogP contribution in [0.15, 0.2) is 177 Å². The lowest BCUT2D eigenvalue weighted by Gasteiger charge is -2.27. The highest BCUT2D eigenvalue weighted by Gasteiger charge is 2.13. The molecule has 0 saturated heterocycles. The van der Waals surface area contributed by atoms with E-state index in [1.165, 1.54) is 0 Å². The lowest BCUT2D eigenvalue weighted by atomic mass is 10.0. The Labute approximate surface area is 228 Å². The highest BCUT2D eigenvalue weighted by Crippen LogP contribution is 2.31. The van der Waals surface area contributed by atoms with E-state index in [0.29, 0.717) is 0 Å². The summed E-state index contributed by atoms with van der Waals surface area (Å²) < 4.78 is 0. The summed E-state index contributed by atoms with van der Waals surface area (Å²) in [5.74, 6) is 0. The summed E-state index contributed by atoms with van der Waals surface area (Å²) in [6.45, 7) is 20.1. The molecule has 190 valence electrons. The van der Waals surface area contributed by atoms with Crippen LogP contribution in [0.3, 0.4) is 0 Å². The number of nitrogens with zero attached hydrogens (tertiary/aromatic N) is 2. The third kappa shape index (κ3) is 6.68. The minimum absolute atomic E-state index is 0.957. The van der Waals surface area contributed by atoms with Gasteiger partial charge in [-0.15, -0.1) is 0 Å². The van der Waals surface area contributed by atoms with E-state index in [9.17, 15) is 0 Å². The van der Waals surface area contributed by atoms with Crippen molar-refractivity contribution in [2.75, 3.05) is 9.80 Å². The Bertz CT molecular complexity index is 1330. The van der Waals surface area contributed by atoms with Crippen molar-refractivity contribution in [2.24, 2.45) is 0 Å². The SMILES string of the molecule is C=C/C=C(\C=C)N(/C(C)=C/C)c1ccc(/C(C=C)=C/C=C(\C=C)N(c2ccccc2)c2ccccc2)cc1. The molecule has 0 bridgehead atoms. The van der Waals surface area contributed by atoms with Crippen LogP contribution in [-0.4, -0.2) is 0 Å². The van der Waals surface area contributed by atoms with Crippen molar-refractivity contribution in [1.29, 1.82) is 0 Å². The third-order valence-electron chi connectivity index (χ3n) is 6.13. The summed E-state index contributed by atoms with van der Waals surface area (Å²) in [6, 6.07) is 29.0. The first-order valence-corrected chi connectivity index (χ1v) is 12.6. The van der Waals surface area contributed by atoms with Gasteiger partial charge in [-0.3, -0.25) is 0 Å². The maximum Gasteiger partial charge on any atom is 0.0461 e. The fraction of sp³-hybridized carbons (Fsp3) is 0.0556. The Hall–Kier alpha value is -4.82. The number of rotatable bonds is 12. The molecular formula is C36H36N2. The van der Waals surface area contributed by atoms with Gasteiger partial charge in [-0.25, -0.2) is 0 Å². The average Bonchev–Trinajstić information content (AvgIpc) is 2.97. The monoisotopic (exact) mass is 496 g/mol. The van der Waals surface area contributed by atoms with E-state index >= 15 is 0 Å². The zero-order valence-electron chi connectivity index (χ0n) is 22.4. The molecule has 0 N–H and O–H groups in total. The summed E-state index contributed by atoms with van der Waals surface area (Å²) in [6.07, 6.45) is 15.6. The van der Waals surface area contributed by atoms with Crippen molar-refractivity contribution in [2.45, 2.75) is 13.8 Å². The smallest absolute Gasteiger partial charge is 0.0461 e. The van der Waals surface area contributed by atoms with E-state index in [-0.39, 0.29) is 0 Å². The molecule has 38 heavy (non-hydrogen) atoms. The van der Waals surface area contributed by atoms with E-state index in [2.05, 4.69) is 110 Å². The summed E-state index contributed by atoms with van der Waals surface area (Å²) in [5.41, 5.74) is 8.27. The van der Waals surface area contributed by atoms with E-state index in [4.69, 9.17) is 0 Å². The van der Waals surface area contributed by atoms with Gasteiger partial charge < -0.3 is 9.80 Å². The predicted molar refractivity (Wildman–Crippen MR) is 168 cm³/mol. The van der Waals surface area contributed by atoms with Crippen LogP contribution in [0.25, 0.3) is 5.57 Å². The first kappa shape index (κ1) is 27.8. The molecule has 0 spiro atoms. The van der Waals surface area contributed by atoms with Crippen LogP contribution in [0.2, 0.25) is 0 Å². The van der Waals surface area contributed by atoms with E-state index in [1.807, 2.05) is 67.6 Å². The van der Waals surface area contributed by atoms with Gasteiger partial charge in [-0.2, -0.15) is 0 Å². The topological polar surface area (TPSA) is 6.48 Å². The second-order valence-corrected chi connectivity index (χ2v) is 8.47. The number of hydrogen-bond donors (Lipinski definition) is 0. The van der Waals surface area contributed by atoms with Gasteiger partial charge in [0, 0.05) is 34.2 Å². The number of allylic oxidation sites excluding steroid dienone is 10. The molecule has 0 heterocycles. The van der Waals surface area contributed by atoms with Gasteiger partial charge >= 0.3 is 0 Å². The normalized spacial score (nSPS) is 12.5. The molecule has 0 unspecified atom stereocenters. The van der Waals surface area contributed by atoms with Crippen LogP contribution < -0.4 is 9.80 Å². The molecule has 0 aliphatic carbocycles. The molecule has 3 aromatic carbocycles. The van der Waals surface area contributed by atoms with Gasteiger partial charge in [-0.1, -0.05) is 99.2 Å². The molecule has 0 saturated carbocycles. The second kappa shape index (κ2) is 14.1. The van der Waals surface area contributed by atoms with Gasteiger partial charge in [0.25, 0.3) is 0 Å². The largest absolute Gasteiger partial charge is 0.315 e. The number of para-hydroxylation sites is 2. The molecule has 0 amide bonds. The number of benzene rings is 3. The van der Waals surface area contributed by atoms with Gasteiger partial charge in [-0.05, 0) is 85.7 Å². The van der Waals surface area contributed by atoms with E-state index in [1.54, 1.807) is 6.08 Å². The number of anilines is 3. The van der Waals surface area contributed by atoms with Crippen molar-refractivity contribution in [1.82, 2.24) is 0 Å². The average molecular weight is 497 g/mol. The van der Waals surface area contributed by atoms with E-state index < -0.39 is 0 Å². The fourth-order valence-corrected chi connectivity index (χ4v) is 4.14. The van der Waals surface area contributed by atoms with Crippen LogP contribution >= 0.6 is 0 Å². The van der Waals surface area contributed by atoms with Crippen molar-refractivity contribution in [3.05, 3.63) is 183 Å². The molecule has 0 aliphatic rings. The molecule has 0 fully saturated rings. The van der Waals surface area contributed by atoms with Gasteiger partial charge in [0.05, 0.1) is 0 Å². The predicted octanol–water partition coefficient (Wildman–Crippen LogP) is 10.2. The Morgan fingerprint density at radius 1 is 0.605 bits per heavy atom. The van der Waals surface area contributed by atoms with Crippen LogP contribution in [0.4, 0.5) is 17.1 Å². The highest BCUT2D eigenvalue weighted by molar-refractivity contribution is 5.77. The second-order valence-electron chi connectivity index (χ2n) is 8.47. The third-order valence-corrected chi connectivity index (χ3v) is 6.13. The first-order valence-electron chi connectivity index (χ1n) is 12.6. The Balaban J connectivity index is 2.01. The van der Waals surface area contributed by atoms with Gasteiger partial charge in [0.15, 0.2) is 0 Å². The lowest BCUT2D eigenvalue weighted by molar-refractivity contribution is 1.09. The molecule has 0 aromatic heterocycles. The summed E-state index contributed by atoms with van der Waals surface area (Å²) in [5, 5.41) is 0. The molecule has 2 nitrogen and oxygen atoms in total. The Morgan fingerprint density at radius 2 is 1.16 bits per heavy atom. The zero-order valence-corrected chi connectivity index (χ0v) is 22.4. The molecule has 3 rings (SSSR count). The molecule has 0 atom stereocenters. The molecular weight excluding hydrogens is 460 g/mol. The molecule has 2 heteroatoms. The maximum absolute atomic E-state index is 4.11. The fourth-order valence-electron chi connectivity index (χ4n) is 4.14. The van der Waals surface area contributed by atoms with Crippen LogP contribution in [0.1, 0.15) is 19.4 Å². The zero-order chi connectivity index (χ0) is 27.3. The molecule has 0 aliphatic heterocycles. The minimum atomic E-state index is 0.957. The van der Waals surface area contributed by atoms with Crippen LogP contribution in [0.5, 0.6) is 0 Å². The molecule has 3 aromatic rings. The lowest BCUT2D eigenvalue weighted by Crippen LogP contribution is -2.19. The minimum Gasteiger partial charge on any atom is -0.315 e. The quantitative estimate of drug-likeness (QED) is 0.230. The molecule has 0 radical (unpaired) electrons. The van der Waals surface area contributed by atoms with E-state index in [0.717, 1.165) is 45.3 Å². The highest BCUT2D eigenvalue weighted by atomic mass is 15.2.